The van der Waals surface area contributed by atoms with Crippen molar-refractivity contribution in [3.05, 3.63) is 107 Å². The number of rotatable bonds is 6. The molecule has 0 saturated carbocycles. The zero-order valence-electron chi connectivity index (χ0n) is 15.6. The molecule has 0 spiro atoms. The summed E-state index contributed by atoms with van der Waals surface area (Å²) in [4.78, 5) is 25.3. The van der Waals surface area contributed by atoms with Gasteiger partial charge in [0.1, 0.15) is 0 Å². The van der Waals surface area contributed by atoms with Crippen molar-refractivity contribution in [1.82, 2.24) is 5.32 Å². The standard InChI is InChI=1S/C24H23NO2/c1-17(24(27)25-18(2)19-10-5-3-6-11-19)21-14-9-15-22(16-21)23(26)20-12-7-4-8-13-20/h3-18H,1-2H3,(H,25,27)/t17-,18-/m1/s1. The van der Waals surface area contributed by atoms with Crippen LogP contribution in [0.2, 0.25) is 0 Å². The second-order valence-electron chi connectivity index (χ2n) is 6.68. The summed E-state index contributed by atoms with van der Waals surface area (Å²) < 4.78 is 0. The number of carbonyl (C=O) groups excluding carboxylic acids is 2. The van der Waals surface area contributed by atoms with E-state index in [-0.39, 0.29) is 23.7 Å². The Morgan fingerprint density at radius 2 is 1.26 bits per heavy atom. The van der Waals surface area contributed by atoms with Crippen molar-refractivity contribution in [3.63, 3.8) is 0 Å². The highest BCUT2D eigenvalue weighted by molar-refractivity contribution is 6.09. The molecule has 0 aromatic heterocycles. The largest absolute Gasteiger partial charge is 0.349 e. The van der Waals surface area contributed by atoms with Crippen molar-refractivity contribution in [2.45, 2.75) is 25.8 Å². The lowest BCUT2D eigenvalue weighted by Crippen LogP contribution is -2.30. The first-order valence-corrected chi connectivity index (χ1v) is 9.11. The summed E-state index contributed by atoms with van der Waals surface area (Å²) in [6.45, 7) is 3.83. The Balaban J connectivity index is 1.74. The van der Waals surface area contributed by atoms with Crippen molar-refractivity contribution < 1.29 is 9.59 Å². The van der Waals surface area contributed by atoms with Crippen LogP contribution in [0.4, 0.5) is 0 Å². The Bertz CT molecular complexity index is 919. The third-order valence-electron chi connectivity index (χ3n) is 4.74. The summed E-state index contributed by atoms with van der Waals surface area (Å²) >= 11 is 0. The van der Waals surface area contributed by atoms with Crippen LogP contribution in [0.3, 0.4) is 0 Å². The molecular weight excluding hydrogens is 334 g/mol. The third kappa shape index (κ3) is 4.50. The van der Waals surface area contributed by atoms with Gasteiger partial charge >= 0.3 is 0 Å². The van der Waals surface area contributed by atoms with Crippen LogP contribution in [0.25, 0.3) is 0 Å². The van der Waals surface area contributed by atoms with Gasteiger partial charge in [-0.25, -0.2) is 0 Å². The second kappa shape index (κ2) is 8.45. The number of ketones is 1. The Morgan fingerprint density at radius 3 is 1.93 bits per heavy atom. The minimum absolute atomic E-state index is 0.0392. The van der Waals surface area contributed by atoms with Gasteiger partial charge in [-0.05, 0) is 31.0 Å². The molecule has 0 aliphatic carbocycles. The Morgan fingerprint density at radius 1 is 0.704 bits per heavy atom. The van der Waals surface area contributed by atoms with Crippen LogP contribution in [0, 0.1) is 0 Å². The van der Waals surface area contributed by atoms with E-state index in [0.717, 1.165) is 11.1 Å². The summed E-state index contributed by atoms with van der Waals surface area (Å²) in [5.41, 5.74) is 3.12. The van der Waals surface area contributed by atoms with Gasteiger partial charge in [-0.15, -0.1) is 0 Å². The van der Waals surface area contributed by atoms with E-state index in [1.54, 1.807) is 18.2 Å². The Labute approximate surface area is 160 Å². The summed E-state index contributed by atoms with van der Waals surface area (Å²) in [5, 5.41) is 3.05. The quantitative estimate of drug-likeness (QED) is 0.638. The minimum Gasteiger partial charge on any atom is -0.349 e. The summed E-state index contributed by atoms with van der Waals surface area (Å²) in [5.74, 6) is -0.446. The van der Waals surface area contributed by atoms with Crippen molar-refractivity contribution in [3.8, 4) is 0 Å². The molecule has 0 fully saturated rings. The molecule has 0 aliphatic rings. The van der Waals surface area contributed by atoms with Crippen LogP contribution in [-0.2, 0) is 4.79 Å². The maximum Gasteiger partial charge on any atom is 0.227 e. The first-order chi connectivity index (χ1) is 13.1. The molecule has 27 heavy (non-hydrogen) atoms. The van der Waals surface area contributed by atoms with Gasteiger partial charge in [-0.3, -0.25) is 9.59 Å². The minimum atomic E-state index is -0.348. The molecule has 3 nitrogen and oxygen atoms in total. The number of nitrogens with one attached hydrogen (secondary N) is 1. The highest BCUT2D eigenvalue weighted by Gasteiger charge is 2.19. The van der Waals surface area contributed by atoms with Crippen LogP contribution in [-0.4, -0.2) is 11.7 Å². The van der Waals surface area contributed by atoms with E-state index in [0.29, 0.717) is 11.1 Å². The lowest BCUT2D eigenvalue weighted by molar-refractivity contribution is -0.122. The molecule has 136 valence electrons. The molecule has 0 aliphatic heterocycles. The number of amides is 1. The zero-order valence-corrected chi connectivity index (χ0v) is 15.6. The molecule has 0 radical (unpaired) electrons. The Hall–Kier alpha value is -3.20. The van der Waals surface area contributed by atoms with E-state index in [1.165, 1.54) is 0 Å². The van der Waals surface area contributed by atoms with E-state index in [1.807, 2.05) is 80.6 Å². The smallest absolute Gasteiger partial charge is 0.227 e. The molecule has 3 aromatic carbocycles. The predicted octanol–water partition coefficient (Wildman–Crippen LogP) is 4.90. The van der Waals surface area contributed by atoms with Crippen LogP contribution >= 0.6 is 0 Å². The topological polar surface area (TPSA) is 46.2 Å². The van der Waals surface area contributed by atoms with Crippen molar-refractivity contribution >= 4 is 11.7 Å². The normalized spacial score (nSPS) is 12.8. The number of benzene rings is 3. The van der Waals surface area contributed by atoms with Crippen molar-refractivity contribution in [1.29, 1.82) is 0 Å². The average molecular weight is 357 g/mol. The van der Waals surface area contributed by atoms with E-state index < -0.39 is 0 Å². The fourth-order valence-electron chi connectivity index (χ4n) is 3.02. The molecule has 0 saturated heterocycles. The lowest BCUT2D eigenvalue weighted by atomic mass is 9.95. The van der Waals surface area contributed by atoms with Crippen LogP contribution in [0.5, 0.6) is 0 Å². The fraction of sp³-hybridized carbons (Fsp3) is 0.167. The summed E-state index contributed by atoms with van der Waals surface area (Å²) in [6.07, 6.45) is 0. The molecule has 3 rings (SSSR count). The van der Waals surface area contributed by atoms with Gasteiger partial charge in [-0.1, -0.05) is 78.9 Å². The highest BCUT2D eigenvalue weighted by atomic mass is 16.2. The van der Waals surface area contributed by atoms with Gasteiger partial charge in [0.25, 0.3) is 0 Å². The van der Waals surface area contributed by atoms with Crippen LogP contribution in [0.15, 0.2) is 84.9 Å². The summed E-state index contributed by atoms with van der Waals surface area (Å²) in [6, 6.07) is 26.3. The SMILES string of the molecule is C[C@@H](NC(=O)[C@H](C)c1cccc(C(=O)c2ccccc2)c1)c1ccccc1. The number of hydrogen-bond acceptors (Lipinski definition) is 2. The monoisotopic (exact) mass is 357 g/mol. The molecule has 0 heterocycles. The first kappa shape index (κ1) is 18.6. The second-order valence-corrected chi connectivity index (χ2v) is 6.68. The molecule has 2 atom stereocenters. The molecular formula is C24H23NO2. The zero-order chi connectivity index (χ0) is 19.2. The molecule has 0 bridgehead atoms. The van der Waals surface area contributed by atoms with Crippen LogP contribution < -0.4 is 5.32 Å². The maximum absolute atomic E-state index is 12.7. The van der Waals surface area contributed by atoms with Gasteiger partial charge < -0.3 is 5.32 Å². The molecule has 0 unspecified atom stereocenters. The Kier molecular flexibility index (Phi) is 5.82. The third-order valence-corrected chi connectivity index (χ3v) is 4.74. The number of carbonyl (C=O) groups is 2. The predicted molar refractivity (Wildman–Crippen MR) is 108 cm³/mol. The number of hydrogen-bond donors (Lipinski definition) is 1. The van der Waals surface area contributed by atoms with E-state index >= 15 is 0 Å². The van der Waals surface area contributed by atoms with E-state index in [9.17, 15) is 9.59 Å². The van der Waals surface area contributed by atoms with E-state index in [2.05, 4.69) is 5.32 Å². The molecule has 1 N–H and O–H groups in total. The van der Waals surface area contributed by atoms with Crippen LogP contribution in [0.1, 0.15) is 52.9 Å². The van der Waals surface area contributed by atoms with E-state index in [4.69, 9.17) is 0 Å². The average Bonchev–Trinajstić information content (AvgIpc) is 2.74. The molecule has 1 amide bonds. The van der Waals surface area contributed by atoms with Gasteiger partial charge in [-0.2, -0.15) is 0 Å². The van der Waals surface area contributed by atoms with Gasteiger partial charge in [0.2, 0.25) is 5.91 Å². The molecule has 3 aromatic rings. The fourth-order valence-corrected chi connectivity index (χ4v) is 3.02. The highest BCUT2D eigenvalue weighted by Crippen LogP contribution is 2.21. The van der Waals surface area contributed by atoms with Gasteiger partial charge in [0.15, 0.2) is 5.78 Å². The lowest BCUT2D eigenvalue weighted by Gasteiger charge is -2.18. The van der Waals surface area contributed by atoms with Gasteiger partial charge in [0, 0.05) is 11.1 Å². The summed E-state index contributed by atoms with van der Waals surface area (Å²) in [7, 11) is 0. The maximum atomic E-state index is 12.7. The first-order valence-electron chi connectivity index (χ1n) is 9.11. The molecule has 3 heteroatoms. The van der Waals surface area contributed by atoms with Crippen molar-refractivity contribution in [2.24, 2.45) is 0 Å². The van der Waals surface area contributed by atoms with Crippen molar-refractivity contribution in [2.75, 3.05) is 0 Å². The van der Waals surface area contributed by atoms with Gasteiger partial charge in [0.05, 0.1) is 12.0 Å².